The predicted octanol–water partition coefficient (Wildman–Crippen LogP) is 2.80. The lowest BCUT2D eigenvalue weighted by atomic mass is 10.2. The third kappa shape index (κ3) is 5.02. The summed E-state index contributed by atoms with van der Waals surface area (Å²) in [6, 6.07) is 7.64. The third-order valence-electron chi connectivity index (χ3n) is 2.39. The molecule has 1 rings (SSSR count). The monoisotopic (exact) mass is 253 g/mol. The molecule has 17 heavy (non-hydrogen) atoms. The van der Waals surface area contributed by atoms with Gasteiger partial charge in [0, 0.05) is 23.7 Å². The van der Waals surface area contributed by atoms with Crippen LogP contribution in [0.4, 0.5) is 0 Å². The van der Waals surface area contributed by atoms with Crippen molar-refractivity contribution in [2.75, 3.05) is 13.6 Å². The highest BCUT2D eigenvalue weighted by Crippen LogP contribution is 2.12. The quantitative estimate of drug-likeness (QED) is 0.821. The molecule has 0 unspecified atom stereocenters. The Morgan fingerprint density at radius 3 is 2.82 bits per heavy atom. The first-order chi connectivity index (χ1) is 7.99. The van der Waals surface area contributed by atoms with E-state index in [1.807, 2.05) is 36.2 Å². The molecule has 0 aliphatic heterocycles. The van der Waals surface area contributed by atoms with E-state index in [1.165, 1.54) is 0 Å². The van der Waals surface area contributed by atoms with Gasteiger partial charge in [0.25, 0.3) is 0 Å². The number of hydrogen-bond donors (Lipinski definition) is 1. The molecule has 4 heteroatoms. The van der Waals surface area contributed by atoms with E-state index >= 15 is 0 Å². The third-order valence-corrected chi connectivity index (χ3v) is 2.62. The van der Waals surface area contributed by atoms with Gasteiger partial charge in [-0.3, -0.25) is 4.90 Å². The van der Waals surface area contributed by atoms with Gasteiger partial charge in [-0.2, -0.15) is 0 Å². The van der Waals surface area contributed by atoms with Crippen LogP contribution in [0.3, 0.4) is 0 Å². The highest BCUT2D eigenvalue weighted by atomic mass is 35.5. The van der Waals surface area contributed by atoms with Crippen molar-refractivity contribution in [3.8, 4) is 0 Å². The molecule has 0 spiro atoms. The molecular formula is C13H16ClNO2. The average molecular weight is 254 g/mol. The first-order valence-corrected chi connectivity index (χ1v) is 5.70. The van der Waals surface area contributed by atoms with Crippen molar-refractivity contribution < 1.29 is 9.90 Å². The van der Waals surface area contributed by atoms with E-state index in [4.69, 9.17) is 16.7 Å². The van der Waals surface area contributed by atoms with E-state index in [2.05, 4.69) is 0 Å². The van der Waals surface area contributed by atoms with Gasteiger partial charge in [0.05, 0.1) is 0 Å². The topological polar surface area (TPSA) is 40.5 Å². The van der Waals surface area contributed by atoms with Gasteiger partial charge in [0.15, 0.2) is 0 Å². The summed E-state index contributed by atoms with van der Waals surface area (Å²) in [7, 11) is 1.94. The van der Waals surface area contributed by atoms with Crippen LogP contribution in [0.15, 0.2) is 35.9 Å². The van der Waals surface area contributed by atoms with Crippen molar-refractivity contribution in [2.24, 2.45) is 0 Å². The lowest BCUT2D eigenvalue weighted by Gasteiger charge is -2.14. The maximum atomic E-state index is 10.6. The maximum Gasteiger partial charge on any atom is 0.330 e. The number of nitrogens with zero attached hydrogens (tertiary/aromatic N) is 1. The van der Waals surface area contributed by atoms with Gasteiger partial charge in [0.2, 0.25) is 0 Å². The van der Waals surface area contributed by atoms with Gasteiger partial charge >= 0.3 is 5.97 Å². The number of hydrogen-bond acceptors (Lipinski definition) is 2. The van der Waals surface area contributed by atoms with Crippen molar-refractivity contribution >= 4 is 17.6 Å². The molecule has 0 aliphatic carbocycles. The van der Waals surface area contributed by atoms with E-state index in [-0.39, 0.29) is 0 Å². The molecule has 0 amide bonds. The number of carbonyl (C=O) groups is 1. The molecule has 0 saturated heterocycles. The van der Waals surface area contributed by atoms with Crippen molar-refractivity contribution in [2.45, 2.75) is 13.5 Å². The fourth-order valence-corrected chi connectivity index (χ4v) is 1.60. The Kier molecular flexibility index (Phi) is 5.19. The van der Waals surface area contributed by atoms with Crippen LogP contribution < -0.4 is 0 Å². The van der Waals surface area contributed by atoms with Gasteiger partial charge in [0.1, 0.15) is 0 Å². The summed E-state index contributed by atoms with van der Waals surface area (Å²) < 4.78 is 0. The summed E-state index contributed by atoms with van der Waals surface area (Å²) in [5.41, 5.74) is 1.48. The molecule has 0 atom stereocenters. The number of benzene rings is 1. The molecule has 0 aliphatic rings. The molecule has 92 valence electrons. The Labute approximate surface area is 106 Å². The fraction of sp³-hybridized carbons (Fsp3) is 0.308. The van der Waals surface area contributed by atoms with Crippen molar-refractivity contribution in [1.82, 2.24) is 4.90 Å². The van der Waals surface area contributed by atoms with E-state index in [1.54, 1.807) is 13.0 Å². The van der Waals surface area contributed by atoms with E-state index in [0.29, 0.717) is 17.1 Å². The Bertz CT molecular complexity index is 429. The molecule has 1 aromatic carbocycles. The van der Waals surface area contributed by atoms with Crippen molar-refractivity contribution in [1.29, 1.82) is 0 Å². The van der Waals surface area contributed by atoms with Gasteiger partial charge in [-0.1, -0.05) is 29.8 Å². The number of carboxylic acid groups (broad SMARTS) is 1. The van der Waals surface area contributed by atoms with Gasteiger partial charge in [-0.15, -0.1) is 0 Å². The summed E-state index contributed by atoms with van der Waals surface area (Å²) in [5.74, 6) is -0.874. The summed E-state index contributed by atoms with van der Waals surface area (Å²) in [5, 5.41) is 9.43. The molecule has 0 heterocycles. The van der Waals surface area contributed by atoms with Gasteiger partial charge < -0.3 is 5.11 Å². The average Bonchev–Trinajstić information content (AvgIpc) is 2.25. The lowest BCUT2D eigenvalue weighted by molar-refractivity contribution is -0.132. The smallest absolute Gasteiger partial charge is 0.330 e. The lowest BCUT2D eigenvalue weighted by Crippen LogP contribution is -2.18. The molecule has 0 bridgehead atoms. The number of rotatable bonds is 5. The minimum Gasteiger partial charge on any atom is -0.478 e. The second-order valence-electron chi connectivity index (χ2n) is 4.02. The highest BCUT2D eigenvalue weighted by molar-refractivity contribution is 6.30. The van der Waals surface area contributed by atoms with Crippen LogP contribution >= 0.6 is 11.6 Å². The van der Waals surface area contributed by atoms with Crippen molar-refractivity contribution in [3.05, 3.63) is 46.5 Å². The van der Waals surface area contributed by atoms with Gasteiger partial charge in [-0.05, 0) is 31.7 Å². The van der Waals surface area contributed by atoms with Crippen LogP contribution in [0.2, 0.25) is 5.02 Å². The zero-order valence-electron chi connectivity index (χ0n) is 9.98. The van der Waals surface area contributed by atoms with Crippen molar-refractivity contribution in [3.63, 3.8) is 0 Å². The Morgan fingerprint density at radius 1 is 1.53 bits per heavy atom. The normalized spacial score (nSPS) is 11.9. The second kappa shape index (κ2) is 6.42. The van der Waals surface area contributed by atoms with Crippen LogP contribution in [0.25, 0.3) is 0 Å². The standard InChI is InChI=1S/C13H16ClNO2/c1-10(13(16)17)6-7-15(2)9-11-4-3-5-12(14)8-11/h3-6,8H,7,9H2,1-2H3,(H,16,17). The minimum atomic E-state index is -0.874. The molecule has 0 radical (unpaired) electrons. The Balaban J connectivity index is 2.53. The molecular weight excluding hydrogens is 238 g/mol. The molecule has 0 fully saturated rings. The first-order valence-electron chi connectivity index (χ1n) is 5.32. The van der Waals surface area contributed by atoms with E-state index in [9.17, 15) is 4.79 Å². The molecule has 3 nitrogen and oxygen atoms in total. The number of likely N-dealkylation sites (N-methyl/N-ethyl adjacent to an activating group) is 1. The largest absolute Gasteiger partial charge is 0.478 e. The second-order valence-corrected chi connectivity index (χ2v) is 4.46. The summed E-state index contributed by atoms with van der Waals surface area (Å²) in [6.45, 7) is 2.93. The first kappa shape index (κ1) is 13.7. The van der Waals surface area contributed by atoms with Crippen LogP contribution in [0, 0.1) is 0 Å². The summed E-state index contributed by atoms with van der Waals surface area (Å²) >= 11 is 5.89. The SMILES string of the molecule is CC(=CCN(C)Cc1cccc(Cl)c1)C(=O)O. The van der Waals surface area contributed by atoms with Crippen LogP contribution in [0.1, 0.15) is 12.5 Å². The van der Waals surface area contributed by atoms with Crippen LogP contribution in [-0.4, -0.2) is 29.6 Å². The number of carboxylic acids is 1. The number of aliphatic carboxylic acids is 1. The minimum absolute atomic E-state index is 0.364. The molecule has 0 aromatic heterocycles. The van der Waals surface area contributed by atoms with Crippen LogP contribution in [0.5, 0.6) is 0 Å². The molecule has 1 N–H and O–H groups in total. The number of halogens is 1. The molecule has 1 aromatic rings. The Hall–Kier alpha value is -1.32. The van der Waals surface area contributed by atoms with Gasteiger partial charge in [-0.25, -0.2) is 4.79 Å². The summed E-state index contributed by atoms with van der Waals surface area (Å²) in [4.78, 5) is 12.6. The maximum absolute atomic E-state index is 10.6. The van der Waals surface area contributed by atoms with Crippen LogP contribution in [-0.2, 0) is 11.3 Å². The van der Waals surface area contributed by atoms with E-state index < -0.39 is 5.97 Å². The summed E-state index contributed by atoms with van der Waals surface area (Å²) in [6.07, 6.45) is 1.70. The molecule has 0 saturated carbocycles. The fourth-order valence-electron chi connectivity index (χ4n) is 1.39. The zero-order chi connectivity index (χ0) is 12.8. The predicted molar refractivity (Wildman–Crippen MR) is 69.2 cm³/mol. The zero-order valence-corrected chi connectivity index (χ0v) is 10.7. The van der Waals surface area contributed by atoms with E-state index in [0.717, 1.165) is 12.1 Å². The Morgan fingerprint density at radius 2 is 2.24 bits per heavy atom. The highest BCUT2D eigenvalue weighted by Gasteiger charge is 2.02.